The molecule has 1 aromatic rings. The highest BCUT2D eigenvalue weighted by Crippen LogP contribution is 2.29. The molecule has 0 saturated carbocycles. The number of halogens is 2. The van der Waals surface area contributed by atoms with E-state index in [0.29, 0.717) is 23.1 Å². The third kappa shape index (κ3) is 5.19. The summed E-state index contributed by atoms with van der Waals surface area (Å²) >= 11 is 0.501. The molecule has 1 unspecified atom stereocenters. The standard InChI is InChI=1S/C14H18F2O2S/c1-3-4-5-12(13(17)18-2)10-6-8-11(9-7-10)19-14(15)16/h6-9,12,14H,3-5H2,1-2H3. The number of benzene rings is 1. The van der Waals surface area contributed by atoms with Crippen molar-refractivity contribution in [1.29, 1.82) is 0 Å². The van der Waals surface area contributed by atoms with Crippen molar-refractivity contribution in [1.82, 2.24) is 0 Å². The number of methoxy groups -OCH3 is 1. The van der Waals surface area contributed by atoms with Gasteiger partial charge in [-0.15, -0.1) is 0 Å². The van der Waals surface area contributed by atoms with Gasteiger partial charge in [-0.25, -0.2) is 0 Å². The Kier molecular flexibility index (Phi) is 6.84. The maximum Gasteiger partial charge on any atom is 0.313 e. The van der Waals surface area contributed by atoms with Crippen molar-refractivity contribution in [3.8, 4) is 0 Å². The van der Waals surface area contributed by atoms with E-state index in [1.807, 2.05) is 0 Å². The minimum atomic E-state index is -2.43. The maximum absolute atomic E-state index is 12.2. The lowest BCUT2D eigenvalue weighted by Gasteiger charge is -2.15. The van der Waals surface area contributed by atoms with E-state index in [2.05, 4.69) is 6.92 Å². The highest BCUT2D eigenvalue weighted by atomic mass is 32.2. The van der Waals surface area contributed by atoms with Crippen LogP contribution in [0.5, 0.6) is 0 Å². The van der Waals surface area contributed by atoms with Gasteiger partial charge in [-0.2, -0.15) is 8.78 Å². The summed E-state index contributed by atoms with van der Waals surface area (Å²) in [4.78, 5) is 12.2. The summed E-state index contributed by atoms with van der Waals surface area (Å²) in [6.07, 6.45) is 2.63. The van der Waals surface area contributed by atoms with E-state index in [1.165, 1.54) is 7.11 Å². The number of carbonyl (C=O) groups excluding carboxylic acids is 1. The van der Waals surface area contributed by atoms with Crippen LogP contribution >= 0.6 is 11.8 Å². The van der Waals surface area contributed by atoms with Crippen LogP contribution in [0, 0.1) is 0 Å². The molecule has 5 heteroatoms. The van der Waals surface area contributed by atoms with Crippen molar-refractivity contribution in [3.05, 3.63) is 29.8 Å². The summed E-state index contributed by atoms with van der Waals surface area (Å²) in [6, 6.07) is 6.69. The van der Waals surface area contributed by atoms with E-state index in [9.17, 15) is 13.6 Å². The number of alkyl halides is 2. The number of hydrogen-bond acceptors (Lipinski definition) is 3. The van der Waals surface area contributed by atoms with Gasteiger partial charge in [-0.05, 0) is 24.1 Å². The zero-order valence-corrected chi connectivity index (χ0v) is 11.9. The zero-order valence-electron chi connectivity index (χ0n) is 11.1. The predicted molar refractivity (Wildman–Crippen MR) is 72.6 cm³/mol. The summed E-state index contributed by atoms with van der Waals surface area (Å²) in [6.45, 7) is 2.05. The monoisotopic (exact) mass is 288 g/mol. The first-order valence-electron chi connectivity index (χ1n) is 6.21. The molecule has 0 bridgehead atoms. The average Bonchev–Trinajstić information content (AvgIpc) is 2.40. The third-order valence-electron chi connectivity index (χ3n) is 2.84. The molecule has 1 aromatic carbocycles. The van der Waals surface area contributed by atoms with Crippen molar-refractivity contribution in [3.63, 3.8) is 0 Å². The van der Waals surface area contributed by atoms with Crippen LogP contribution in [0.3, 0.4) is 0 Å². The first kappa shape index (κ1) is 16.0. The predicted octanol–water partition coefficient (Wildman–Crippen LogP) is 4.45. The van der Waals surface area contributed by atoms with Gasteiger partial charge in [-0.1, -0.05) is 43.7 Å². The van der Waals surface area contributed by atoms with Gasteiger partial charge in [0.1, 0.15) is 0 Å². The lowest BCUT2D eigenvalue weighted by molar-refractivity contribution is -0.142. The number of rotatable bonds is 7. The fourth-order valence-electron chi connectivity index (χ4n) is 1.85. The van der Waals surface area contributed by atoms with Gasteiger partial charge in [0.15, 0.2) is 0 Å². The molecule has 0 radical (unpaired) electrons. The fraction of sp³-hybridized carbons (Fsp3) is 0.500. The lowest BCUT2D eigenvalue weighted by atomic mass is 9.94. The first-order valence-corrected chi connectivity index (χ1v) is 7.09. The van der Waals surface area contributed by atoms with Crippen LogP contribution in [0.4, 0.5) is 8.78 Å². The minimum absolute atomic E-state index is 0.275. The molecule has 1 rings (SSSR count). The third-order valence-corrected chi connectivity index (χ3v) is 3.56. The first-order chi connectivity index (χ1) is 9.08. The highest BCUT2D eigenvalue weighted by molar-refractivity contribution is 7.99. The Morgan fingerprint density at radius 1 is 1.32 bits per heavy atom. The molecule has 0 aromatic heterocycles. The molecule has 106 valence electrons. The van der Waals surface area contributed by atoms with Crippen LogP contribution in [0.2, 0.25) is 0 Å². The molecule has 0 amide bonds. The molecular weight excluding hydrogens is 270 g/mol. The Balaban J connectivity index is 2.81. The van der Waals surface area contributed by atoms with E-state index in [1.54, 1.807) is 24.3 Å². The molecule has 0 heterocycles. The van der Waals surface area contributed by atoms with Crippen molar-refractivity contribution < 1.29 is 18.3 Å². The second-order valence-electron chi connectivity index (χ2n) is 4.17. The van der Waals surface area contributed by atoms with E-state index < -0.39 is 5.76 Å². The van der Waals surface area contributed by atoms with E-state index in [0.717, 1.165) is 18.4 Å². The molecule has 19 heavy (non-hydrogen) atoms. The van der Waals surface area contributed by atoms with E-state index in [-0.39, 0.29) is 11.9 Å². The molecule has 0 aliphatic heterocycles. The van der Waals surface area contributed by atoms with E-state index in [4.69, 9.17) is 4.74 Å². The summed E-state index contributed by atoms with van der Waals surface area (Å²) in [5, 5.41) is 0. The summed E-state index contributed by atoms with van der Waals surface area (Å²) in [5.74, 6) is -3.01. The number of thioether (sulfide) groups is 1. The van der Waals surface area contributed by atoms with Crippen molar-refractivity contribution >= 4 is 17.7 Å². The molecule has 0 aliphatic rings. The molecule has 0 N–H and O–H groups in total. The Bertz CT molecular complexity index is 393. The Morgan fingerprint density at radius 2 is 1.95 bits per heavy atom. The zero-order chi connectivity index (χ0) is 14.3. The normalized spacial score (nSPS) is 12.5. The van der Waals surface area contributed by atoms with Crippen molar-refractivity contribution in [2.45, 2.75) is 42.8 Å². The molecule has 0 saturated heterocycles. The van der Waals surface area contributed by atoms with Crippen LogP contribution < -0.4 is 0 Å². The maximum atomic E-state index is 12.2. The van der Waals surface area contributed by atoms with Gasteiger partial charge in [0, 0.05) is 4.90 Å². The molecule has 0 fully saturated rings. The van der Waals surface area contributed by atoms with Gasteiger partial charge < -0.3 is 4.74 Å². The molecule has 0 aliphatic carbocycles. The average molecular weight is 288 g/mol. The Labute approximate surface area is 116 Å². The van der Waals surface area contributed by atoms with Gasteiger partial charge in [-0.3, -0.25) is 4.79 Å². The van der Waals surface area contributed by atoms with Crippen molar-refractivity contribution in [2.24, 2.45) is 0 Å². The SMILES string of the molecule is CCCCC(C(=O)OC)c1ccc(SC(F)F)cc1. The molecule has 1 atom stereocenters. The molecular formula is C14H18F2O2S. The Hall–Kier alpha value is -1.10. The molecule has 0 spiro atoms. The Morgan fingerprint density at radius 3 is 2.42 bits per heavy atom. The summed E-state index contributed by atoms with van der Waals surface area (Å²) < 4.78 is 29.2. The number of esters is 1. The van der Waals surface area contributed by atoms with Crippen LogP contribution in [0.25, 0.3) is 0 Å². The van der Waals surface area contributed by atoms with Crippen LogP contribution in [0.15, 0.2) is 29.2 Å². The molecule has 2 nitrogen and oxygen atoms in total. The quantitative estimate of drug-likeness (QED) is 0.548. The topological polar surface area (TPSA) is 26.3 Å². The van der Waals surface area contributed by atoms with Crippen LogP contribution in [0.1, 0.15) is 37.7 Å². The summed E-state index contributed by atoms with van der Waals surface area (Å²) in [5.41, 5.74) is 0.818. The number of unbranched alkanes of at least 4 members (excludes halogenated alkanes) is 1. The minimum Gasteiger partial charge on any atom is -0.469 e. The van der Waals surface area contributed by atoms with Crippen LogP contribution in [-0.2, 0) is 9.53 Å². The van der Waals surface area contributed by atoms with E-state index >= 15 is 0 Å². The van der Waals surface area contributed by atoms with Crippen LogP contribution in [-0.4, -0.2) is 18.8 Å². The lowest BCUT2D eigenvalue weighted by Crippen LogP contribution is -2.14. The smallest absolute Gasteiger partial charge is 0.313 e. The highest BCUT2D eigenvalue weighted by Gasteiger charge is 2.20. The van der Waals surface area contributed by atoms with Gasteiger partial charge in [0.25, 0.3) is 5.76 Å². The number of hydrogen-bond donors (Lipinski definition) is 0. The van der Waals surface area contributed by atoms with Gasteiger partial charge in [0.2, 0.25) is 0 Å². The number of carbonyl (C=O) groups is 1. The summed E-state index contributed by atoms with van der Waals surface area (Å²) in [7, 11) is 1.36. The fourth-order valence-corrected chi connectivity index (χ4v) is 2.35. The van der Waals surface area contributed by atoms with Gasteiger partial charge >= 0.3 is 5.97 Å². The largest absolute Gasteiger partial charge is 0.469 e. The number of ether oxygens (including phenoxy) is 1. The van der Waals surface area contributed by atoms with Gasteiger partial charge in [0.05, 0.1) is 13.0 Å². The van der Waals surface area contributed by atoms with Crippen molar-refractivity contribution in [2.75, 3.05) is 7.11 Å². The second-order valence-corrected chi connectivity index (χ2v) is 5.23. The second kappa shape index (κ2) is 8.15.